The summed E-state index contributed by atoms with van der Waals surface area (Å²) in [6, 6.07) is 21.9. The molecule has 1 aliphatic carbocycles. The molecule has 4 aromatic rings. The molecule has 1 aliphatic rings. The number of nitrogens with one attached hydrogen (secondary N) is 2. The highest BCUT2D eigenvalue weighted by Crippen LogP contribution is 2.31. The average Bonchev–Trinajstić information content (AvgIpc) is 3.42. The zero-order valence-corrected chi connectivity index (χ0v) is 20.8. The zero-order chi connectivity index (χ0) is 25.0. The molecule has 6 heteroatoms. The summed E-state index contributed by atoms with van der Waals surface area (Å²) < 4.78 is 0. The maximum Gasteiger partial charge on any atom is 0.224 e. The van der Waals surface area contributed by atoms with Gasteiger partial charge in [0.15, 0.2) is 0 Å². The second kappa shape index (κ2) is 13.3. The number of tetrazole rings is 1. The van der Waals surface area contributed by atoms with Gasteiger partial charge in [0.1, 0.15) is 0 Å². The van der Waals surface area contributed by atoms with Crippen LogP contribution in [0.15, 0.2) is 79.4 Å². The monoisotopic (exact) mass is 481 g/mol. The molecule has 0 atom stereocenters. The predicted molar refractivity (Wildman–Crippen MR) is 147 cm³/mol. The van der Waals surface area contributed by atoms with Crippen LogP contribution in [0.1, 0.15) is 56.9 Å². The summed E-state index contributed by atoms with van der Waals surface area (Å²) >= 11 is 0. The van der Waals surface area contributed by atoms with Crippen molar-refractivity contribution >= 4 is 22.4 Å². The number of unbranched alkanes of at least 4 members (excludes halogenated alkanes) is 2. The second-order valence-electron chi connectivity index (χ2n) is 9.38. The van der Waals surface area contributed by atoms with Gasteiger partial charge in [0.25, 0.3) is 0 Å². The number of rotatable bonds is 10. The lowest BCUT2D eigenvalue weighted by Gasteiger charge is -2.24. The number of H-pyrrole nitrogens is 1. The van der Waals surface area contributed by atoms with Gasteiger partial charge in [-0.15, -0.1) is 16.8 Å². The molecule has 1 saturated carbocycles. The Bertz CT molecular complexity index is 1250. The smallest absolute Gasteiger partial charge is 0.224 e. The van der Waals surface area contributed by atoms with E-state index in [-0.39, 0.29) is 5.91 Å². The third-order valence-electron chi connectivity index (χ3n) is 6.74. The molecule has 1 heterocycles. The van der Waals surface area contributed by atoms with E-state index in [1.807, 2.05) is 42.5 Å². The van der Waals surface area contributed by atoms with E-state index >= 15 is 0 Å². The summed E-state index contributed by atoms with van der Waals surface area (Å²) in [4.78, 5) is 12.4. The van der Waals surface area contributed by atoms with E-state index in [0.717, 1.165) is 17.0 Å². The molecule has 1 aromatic heterocycles. The number of carbonyl (C=O) groups excluding carboxylic acids is 1. The highest BCUT2D eigenvalue weighted by atomic mass is 16.1. The largest absolute Gasteiger partial charge is 0.325 e. The fourth-order valence-corrected chi connectivity index (χ4v) is 4.43. The minimum absolute atomic E-state index is 0.0471. The van der Waals surface area contributed by atoms with Crippen LogP contribution in [-0.2, 0) is 11.2 Å². The van der Waals surface area contributed by atoms with Crippen LogP contribution in [0.2, 0.25) is 0 Å². The van der Waals surface area contributed by atoms with Crippen LogP contribution in [0.3, 0.4) is 0 Å². The predicted octanol–water partition coefficient (Wildman–Crippen LogP) is 7.12. The Hall–Kier alpha value is -3.80. The lowest BCUT2D eigenvalue weighted by Crippen LogP contribution is -2.13. The third-order valence-corrected chi connectivity index (χ3v) is 6.74. The van der Waals surface area contributed by atoms with E-state index in [1.54, 1.807) is 0 Å². The average molecular weight is 482 g/mol. The number of hydrogen-bond donors (Lipinski definition) is 2. The molecule has 1 amide bonds. The molecule has 36 heavy (non-hydrogen) atoms. The zero-order valence-electron chi connectivity index (χ0n) is 20.8. The quantitative estimate of drug-likeness (QED) is 0.186. The summed E-state index contributed by atoms with van der Waals surface area (Å²) in [5, 5.41) is 19.3. The van der Waals surface area contributed by atoms with Crippen LogP contribution in [0, 0.1) is 5.92 Å². The first-order chi connectivity index (χ1) is 17.7. The summed E-state index contributed by atoms with van der Waals surface area (Å²) in [6.45, 7) is 3.71. The van der Waals surface area contributed by atoms with Gasteiger partial charge < -0.3 is 5.32 Å². The summed E-state index contributed by atoms with van der Waals surface area (Å²) in [5.74, 6) is 1.51. The van der Waals surface area contributed by atoms with Crippen molar-refractivity contribution in [3.8, 4) is 11.4 Å². The Morgan fingerprint density at radius 2 is 1.83 bits per heavy atom. The molecular formula is C30H35N5O. The number of aromatic nitrogens is 4. The number of carbonyl (C=O) groups is 1. The van der Waals surface area contributed by atoms with E-state index in [1.165, 1.54) is 55.7 Å². The maximum absolute atomic E-state index is 12.4. The summed E-state index contributed by atoms with van der Waals surface area (Å²) in [6.07, 6.45) is 13.1. The van der Waals surface area contributed by atoms with Crippen LogP contribution < -0.4 is 5.32 Å². The molecule has 0 saturated heterocycles. The van der Waals surface area contributed by atoms with Crippen molar-refractivity contribution < 1.29 is 4.79 Å². The van der Waals surface area contributed by atoms with Crippen molar-refractivity contribution in [2.75, 3.05) is 5.32 Å². The Morgan fingerprint density at radius 1 is 1.03 bits per heavy atom. The number of nitrogens with zero attached hydrogens (tertiary/aromatic N) is 3. The van der Waals surface area contributed by atoms with Crippen LogP contribution in [0.4, 0.5) is 5.69 Å². The number of fused-ring (bicyclic) bond motifs is 1. The van der Waals surface area contributed by atoms with Gasteiger partial charge in [-0.1, -0.05) is 92.8 Å². The Kier molecular flexibility index (Phi) is 9.37. The first kappa shape index (κ1) is 25.3. The highest BCUT2D eigenvalue weighted by molar-refractivity contribution is 5.94. The van der Waals surface area contributed by atoms with Crippen LogP contribution in [0.25, 0.3) is 22.2 Å². The molecule has 186 valence electrons. The number of allylic oxidation sites excluding steroid dienone is 1. The molecule has 3 aromatic carbocycles. The molecule has 0 aliphatic heterocycles. The van der Waals surface area contributed by atoms with Gasteiger partial charge in [-0.3, -0.25) is 4.79 Å². The highest BCUT2D eigenvalue weighted by Gasteiger charge is 2.15. The third kappa shape index (κ3) is 7.35. The van der Waals surface area contributed by atoms with Crippen molar-refractivity contribution in [1.82, 2.24) is 20.6 Å². The number of anilines is 1. The SMILES string of the molecule is C=CCCCCC1CCC1.O=C(CCc1ccc2ccccc2c1)Nc1ccccc1-c1nn[nH]n1. The van der Waals surface area contributed by atoms with Crippen molar-refractivity contribution in [3.63, 3.8) is 0 Å². The Morgan fingerprint density at radius 3 is 2.58 bits per heavy atom. The first-order valence-corrected chi connectivity index (χ1v) is 12.9. The van der Waals surface area contributed by atoms with Crippen molar-refractivity contribution in [1.29, 1.82) is 0 Å². The second-order valence-corrected chi connectivity index (χ2v) is 9.38. The van der Waals surface area contributed by atoms with E-state index in [0.29, 0.717) is 24.4 Å². The van der Waals surface area contributed by atoms with Gasteiger partial charge in [-0.25, -0.2) is 0 Å². The fourth-order valence-electron chi connectivity index (χ4n) is 4.43. The lowest BCUT2D eigenvalue weighted by molar-refractivity contribution is -0.116. The molecule has 0 radical (unpaired) electrons. The molecule has 0 bridgehead atoms. The van der Waals surface area contributed by atoms with Crippen LogP contribution in [-0.4, -0.2) is 26.5 Å². The normalized spacial score (nSPS) is 12.9. The van der Waals surface area contributed by atoms with Crippen LogP contribution >= 0.6 is 0 Å². The minimum atomic E-state index is -0.0471. The lowest BCUT2D eigenvalue weighted by atomic mass is 9.82. The molecule has 0 spiro atoms. The molecule has 1 fully saturated rings. The van der Waals surface area contributed by atoms with Crippen LogP contribution in [0.5, 0.6) is 0 Å². The first-order valence-electron chi connectivity index (χ1n) is 12.9. The fraction of sp³-hybridized carbons (Fsp3) is 0.333. The van der Waals surface area contributed by atoms with Crippen molar-refractivity contribution in [3.05, 3.63) is 84.9 Å². The summed E-state index contributed by atoms with van der Waals surface area (Å²) in [7, 11) is 0. The number of aromatic amines is 1. The van der Waals surface area contributed by atoms with E-state index in [4.69, 9.17) is 0 Å². The number of aryl methyl sites for hydroxylation is 1. The standard InChI is InChI=1S/C20H17N5O.C10H18/c26-19(12-10-14-9-11-15-5-1-2-6-16(15)13-14)21-18-8-4-3-7-17(18)20-22-24-25-23-20;1-2-3-4-5-7-10-8-6-9-10/h1-9,11,13H,10,12H2,(H,21,26)(H,22,23,24,25);2,10H,1,3-9H2. The van der Waals surface area contributed by atoms with Gasteiger partial charge in [0.2, 0.25) is 11.7 Å². The Balaban J connectivity index is 0.000000256. The minimum Gasteiger partial charge on any atom is -0.325 e. The molecule has 5 rings (SSSR count). The van der Waals surface area contributed by atoms with Gasteiger partial charge in [-0.2, -0.15) is 5.21 Å². The van der Waals surface area contributed by atoms with E-state index in [9.17, 15) is 4.79 Å². The molecular weight excluding hydrogens is 446 g/mol. The van der Waals surface area contributed by atoms with Gasteiger partial charge in [0, 0.05) is 12.0 Å². The number of hydrogen-bond acceptors (Lipinski definition) is 4. The van der Waals surface area contributed by atoms with Crippen molar-refractivity contribution in [2.24, 2.45) is 5.92 Å². The number of para-hydroxylation sites is 1. The van der Waals surface area contributed by atoms with Gasteiger partial charge in [0.05, 0.1) is 5.69 Å². The molecule has 0 unspecified atom stereocenters. The molecule has 6 nitrogen and oxygen atoms in total. The van der Waals surface area contributed by atoms with Crippen molar-refractivity contribution in [2.45, 2.75) is 57.8 Å². The van der Waals surface area contributed by atoms with Gasteiger partial charge >= 0.3 is 0 Å². The van der Waals surface area contributed by atoms with E-state index in [2.05, 4.69) is 62.9 Å². The van der Waals surface area contributed by atoms with E-state index < -0.39 is 0 Å². The summed E-state index contributed by atoms with van der Waals surface area (Å²) in [5.41, 5.74) is 2.56. The number of amides is 1. The van der Waals surface area contributed by atoms with Gasteiger partial charge in [-0.05, 0) is 58.9 Å². The molecule has 2 N–H and O–H groups in total. The topological polar surface area (TPSA) is 83.6 Å². The maximum atomic E-state index is 12.4. The number of benzene rings is 3. The Labute approximate surface area is 213 Å².